The number of nitrogens with one attached hydrogen (secondary N) is 2. The van der Waals surface area contributed by atoms with Gasteiger partial charge in [0.05, 0.1) is 6.10 Å². The normalized spacial score (nSPS) is 11.4. The highest BCUT2D eigenvalue weighted by molar-refractivity contribution is 4.63. The monoisotopic (exact) mass is 288 g/mol. The van der Waals surface area contributed by atoms with Gasteiger partial charge in [-0.1, -0.05) is 25.7 Å². The largest absolute Gasteiger partial charge is 0.390 e. The van der Waals surface area contributed by atoms with Crippen molar-refractivity contribution in [2.45, 2.75) is 57.5 Å². The zero-order chi connectivity index (χ0) is 14.9. The highest BCUT2D eigenvalue weighted by Crippen LogP contribution is 1.97. The first-order valence-corrected chi connectivity index (χ1v) is 8.31. The highest BCUT2D eigenvalue weighted by Gasteiger charge is 2.02. The molecule has 0 radical (unpaired) electrons. The molecule has 7 N–H and O–H groups in total. The fraction of sp³-hybridized carbons (Fsp3) is 1.00. The van der Waals surface area contributed by atoms with Crippen LogP contribution in [0.15, 0.2) is 0 Å². The Morgan fingerprint density at radius 3 is 1.45 bits per heavy atom. The fourth-order valence-electron chi connectivity index (χ4n) is 2.11. The Balaban J connectivity index is 3.11. The van der Waals surface area contributed by atoms with Crippen molar-refractivity contribution in [2.24, 2.45) is 11.5 Å². The lowest BCUT2D eigenvalue weighted by molar-refractivity contribution is 0.168. The third kappa shape index (κ3) is 15.9. The smallest absolute Gasteiger partial charge is 0.0788 e. The van der Waals surface area contributed by atoms with E-state index in [0.29, 0.717) is 13.1 Å². The number of rotatable bonds is 16. The molecule has 0 rings (SSSR count). The molecule has 0 spiro atoms. The van der Waals surface area contributed by atoms with Gasteiger partial charge in [-0.05, 0) is 51.9 Å². The molecule has 0 amide bonds. The zero-order valence-corrected chi connectivity index (χ0v) is 13.1. The van der Waals surface area contributed by atoms with Crippen LogP contribution in [0.5, 0.6) is 0 Å². The Hall–Kier alpha value is -0.200. The molecule has 0 aliphatic rings. The van der Waals surface area contributed by atoms with Gasteiger partial charge in [-0.3, -0.25) is 0 Å². The van der Waals surface area contributed by atoms with E-state index >= 15 is 0 Å². The van der Waals surface area contributed by atoms with E-state index in [9.17, 15) is 5.11 Å². The molecule has 0 saturated heterocycles. The van der Waals surface area contributed by atoms with Gasteiger partial charge in [0.25, 0.3) is 0 Å². The van der Waals surface area contributed by atoms with Crippen LogP contribution < -0.4 is 22.1 Å². The van der Waals surface area contributed by atoms with E-state index in [2.05, 4.69) is 10.6 Å². The van der Waals surface area contributed by atoms with E-state index in [1.165, 1.54) is 38.5 Å². The standard InChI is InChI=1S/C15H36N4O/c16-9-5-1-3-7-11-18-13-15(20)14-19-12-8-4-2-6-10-17/h15,18-20H,1-14,16-17H2. The second-order valence-corrected chi connectivity index (χ2v) is 5.47. The number of nitrogens with two attached hydrogens (primary N) is 2. The maximum atomic E-state index is 9.77. The molecule has 0 aromatic heterocycles. The molecule has 0 heterocycles. The van der Waals surface area contributed by atoms with Crippen LogP contribution in [0.3, 0.4) is 0 Å². The van der Waals surface area contributed by atoms with Crippen LogP contribution in [0.2, 0.25) is 0 Å². The lowest BCUT2D eigenvalue weighted by Gasteiger charge is -2.13. The van der Waals surface area contributed by atoms with Crippen LogP contribution in [0, 0.1) is 0 Å². The molecular weight excluding hydrogens is 252 g/mol. The Bertz CT molecular complexity index is 163. The minimum atomic E-state index is -0.289. The predicted octanol–water partition coefficient (Wildman–Crippen LogP) is 0.565. The van der Waals surface area contributed by atoms with Gasteiger partial charge in [-0.15, -0.1) is 0 Å². The summed E-state index contributed by atoms with van der Waals surface area (Å²) in [5.41, 5.74) is 10.9. The first-order chi connectivity index (χ1) is 9.81. The second kappa shape index (κ2) is 16.9. The molecule has 5 nitrogen and oxygen atoms in total. The van der Waals surface area contributed by atoms with Crippen molar-refractivity contribution in [3.05, 3.63) is 0 Å². The van der Waals surface area contributed by atoms with Gasteiger partial charge in [-0.2, -0.15) is 0 Å². The summed E-state index contributed by atoms with van der Waals surface area (Å²) in [6.45, 7) is 4.92. The van der Waals surface area contributed by atoms with Crippen molar-refractivity contribution in [3.63, 3.8) is 0 Å². The van der Waals surface area contributed by atoms with Crippen molar-refractivity contribution in [2.75, 3.05) is 39.3 Å². The van der Waals surface area contributed by atoms with Crippen LogP contribution in [0.4, 0.5) is 0 Å². The predicted molar refractivity (Wildman–Crippen MR) is 86.8 cm³/mol. The van der Waals surface area contributed by atoms with E-state index in [1.54, 1.807) is 0 Å². The summed E-state index contributed by atoms with van der Waals surface area (Å²) < 4.78 is 0. The summed E-state index contributed by atoms with van der Waals surface area (Å²) in [5.74, 6) is 0. The van der Waals surface area contributed by atoms with E-state index in [-0.39, 0.29) is 6.10 Å². The van der Waals surface area contributed by atoms with Crippen molar-refractivity contribution >= 4 is 0 Å². The number of hydrogen-bond acceptors (Lipinski definition) is 5. The van der Waals surface area contributed by atoms with E-state index in [1.807, 2.05) is 0 Å². The summed E-state index contributed by atoms with van der Waals surface area (Å²) in [4.78, 5) is 0. The molecular formula is C15H36N4O. The van der Waals surface area contributed by atoms with Crippen molar-refractivity contribution < 1.29 is 5.11 Å². The number of unbranched alkanes of at least 4 members (excludes halogenated alkanes) is 6. The van der Waals surface area contributed by atoms with Gasteiger partial charge in [-0.25, -0.2) is 0 Å². The van der Waals surface area contributed by atoms with E-state index < -0.39 is 0 Å². The Kier molecular flexibility index (Phi) is 16.7. The van der Waals surface area contributed by atoms with Gasteiger partial charge in [0.1, 0.15) is 0 Å². The van der Waals surface area contributed by atoms with Crippen LogP contribution in [-0.4, -0.2) is 50.5 Å². The molecule has 0 bridgehead atoms. The molecule has 122 valence electrons. The van der Waals surface area contributed by atoms with Crippen LogP contribution >= 0.6 is 0 Å². The van der Waals surface area contributed by atoms with Crippen LogP contribution in [0.25, 0.3) is 0 Å². The third-order valence-electron chi connectivity index (χ3n) is 3.38. The van der Waals surface area contributed by atoms with E-state index in [4.69, 9.17) is 11.5 Å². The van der Waals surface area contributed by atoms with Gasteiger partial charge in [0.2, 0.25) is 0 Å². The maximum Gasteiger partial charge on any atom is 0.0788 e. The molecule has 0 aliphatic carbocycles. The summed E-state index contributed by atoms with van der Waals surface area (Å²) in [7, 11) is 0. The number of hydrogen-bond donors (Lipinski definition) is 5. The quantitative estimate of drug-likeness (QED) is 0.268. The van der Waals surface area contributed by atoms with Crippen LogP contribution in [-0.2, 0) is 0 Å². The maximum absolute atomic E-state index is 9.77. The summed E-state index contributed by atoms with van der Waals surface area (Å²) >= 11 is 0. The summed E-state index contributed by atoms with van der Waals surface area (Å²) in [5, 5.41) is 16.4. The average molecular weight is 288 g/mol. The van der Waals surface area contributed by atoms with E-state index in [0.717, 1.165) is 39.0 Å². The van der Waals surface area contributed by atoms with Gasteiger partial charge in [0, 0.05) is 13.1 Å². The SMILES string of the molecule is NCCCCCCNCC(O)CNCCCCCCN. The molecule has 0 saturated carbocycles. The third-order valence-corrected chi connectivity index (χ3v) is 3.38. The minimum absolute atomic E-state index is 0.289. The zero-order valence-electron chi connectivity index (χ0n) is 13.1. The summed E-state index contributed by atoms with van der Waals surface area (Å²) in [6.07, 6.45) is 9.17. The molecule has 0 fully saturated rings. The fourth-order valence-corrected chi connectivity index (χ4v) is 2.11. The van der Waals surface area contributed by atoms with Crippen molar-refractivity contribution in [1.29, 1.82) is 0 Å². The molecule has 0 aromatic rings. The minimum Gasteiger partial charge on any atom is -0.390 e. The number of aliphatic hydroxyl groups is 1. The molecule has 0 aromatic carbocycles. The molecule has 5 heteroatoms. The van der Waals surface area contributed by atoms with Gasteiger partial charge >= 0.3 is 0 Å². The van der Waals surface area contributed by atoms with Crippen LogP contribution in [0.1, 0.15) is 51.4 Å². The summed E-state index contributed by atoms with van der Waals surface area (Å²) in [6, 6.07) is 0. The topological polar surface area (TPSA) is 96.3 Å². The van der Waals surface area contributed by atoms with Crippen molar-refractivity contribution in [1.82, 2.24) is 10.6 Å². The lowest BCUT2D eigenvalue weighted by Crippen LogP contribution is -2.36. The molecule has 0 atom stereocenters. The number of aliphatic hydroxyl groups excluding tert-OH is 1. The Morgan fingerprint density at radius 1 is 0.650 bits per heavy atom. The van der Waals surface area contributed by atoms with Gasteiger partial charge in [0.15, 0.2) is 0 Å². The average Bonchev–Trinajstić information content (AvgIpc) is 2.45. The molecule has 20 heavy (non-hydrogen) atoms. The second-order valence-electron chi connectivity index (χ2n) is 5.47. The highest BCUT2D eigenvalue weighted by atomic mass is 16.3. The lowest BCUT2D eigenvalue weighted by atomic mass is 10.2. The molecule has 0 unspecified atom stereocenters. The molecule has 0 aliphatic heterocycles. The Labute approximate surface area is 124 Å². The Morgan fingerprint density at radius 2 is 1.05 bits per heavy atom. The first kappa shape index (κ1) is 19.8. The first-order valence-electron chi connectivity index (χ1n) is 8.31. The van der Waals surface area contributed by atoms with Crippen molar-refractivity contribution in [3.8, 4) is 0 Å². The van der Waals surface area contributed by atoms with Gasteiger partial charge < -0.3 is 27.2 Å².